The Bertz CT molecular complexity index is 850. The van der Waals surface area contributed by atoms with E-state index in [0.29, 0.717) is 22.9 Å². The minimum atomic E-state index is -3.57. The Balaban J connectivity index is 1.99. The van der Waals surface area contributed by atoms with E-state index in [0.717, 1.165) is 16.9 Å². The van der Waals surface area contributed by atoms with Crippen molar-refractivity contribution >= 4 is 21.8 Å². The lowest BCUT2D eigenvalue weighted by atomic mass is 10.2. The monoisotopic (exact) mass is 379 g/mol. The molecule has 0 bridgehead atoms. The number of methoxy groups -OCH3 is 2. The Kier molecular flexibility index (Phi) is 5.27. The maximum atomic E-state index is 13.1. The van der Waals surface area contributed by atoms with E-state index in [1.165, 1.54) is 0 Å². The van der Waals surface area contributed by atoms with E-state index in [1.807, 2.05) is 31.2 Å². The molecule has 7 heteroatoms. The second-order valence-electron chi connectivity index (χ2n) is 5.76. The van der Waals surface area contributed by atoms with Crippen molar-refractivity contribution in [2.45, 2.75) is 17.2 Å². The zero-order valence-electron chi connectivity index (χ0n) is 14.4. The highest BCUT2D eigenvalue weighted by Crippen LogP contribution is 2.45. The van der Waals surface area contributed by atoms with E-state index in [-0.39, 0.29) is 5.37 Å². The molecule has 3 rings (SSSR count). The van der Waals surface area contributed by atoms with Gasteiger partial charge in [-0.1, -0.05) is 17.7 Å². The molecular weight excluding hydrogens is 358 g/mol. The van der Waals surface area contributed by atoms with Gasteiger partial charge >= 0.3 is 0 Å². The molecule has 1 fully saturated rings. The molecule has 0 aromatic heterocycles. The number of hydrogen-bond acceptors (Lipinski definition) is 5. The first-order chi connectivity index (χ1) is 12.0. The zero-order valence-corrected chi connectivity index (χ0v) is 16.1. The van der Waals surface area contributed by atoms with E-state index >= 15 is 0 Å². The van der Waals surface area contributed by atoms with Crippen molar-refractivity contribution in [2.24, 2.45) is 0 Å². The quantitative estimate of drug-likeness (QED) is 0.796. The van der Waals surface area contributed by atoms with Gasteiger partial charge < -0.3 is 9.47 Å². The van der Waals surface area contributed by atoms with E-state index in [4.69, 9.17) is 9.47 Å². The lowest BCUT2D eigenvalue weighted by Gasteiger charge is -2.25. The topological polar surface area (TPSA) is 55.8 Å². The van der Waals surface area contributed by atoms with Crippen molar-refractivity contribution in [1.82, 2.24) is 4.31 Å². The third-order valence-corrected chi connectivity index (χ3v) is 7.44. The number of sulfonamides is 1. The van der Waals surface area contributed by atoms with E-state index in [9.17, 15) is 8.42 Å². The molecule has 1 heterocycles. The largest absolute Gasteiger partial charge is 0.497 e. The summed E-state index contributed by atoms with van der Waals surface area (Å²) in [6.45, 7) is 2.41. The lowest BCUT2D eigenvalue weighted by Crippen LogP contribution is -2.30. The van der Waals surface area contributed by atoms with Crippen LogP contribution in [0.4, 0.5) is 0 Å². The molecule has 2 aromatic rings. The maximum absolute atomic E-state index is 13.1. The Morgan fingerprint density at radius 1 is 1.08 bits per heavy atom. The third kappa shape index (κ3) is 3.49. The Labute approximate surface area is 153 Å². The summed E-state index contributed by atoms with van der Waals surface area (Å²) in [5.74, 6) is 2.05. The number of nitrogens with zero attached hydrogens (tertiary/aromatic N) is 1. The molecule has 0 N–H and O–H groups in total. The molecule has 1 aliphatic rings. The highest BCUT2D eigenvalue weighted by molar-refractivity contribution is 8.01. The summed E-state index contributed by atoms with van der Waals surface area (Å²) in [5, 5.41) is -0.313. The van der Waals surface area contributed by atoms with Crippen LogP contribution in [0.5, 0.6) is 11.5 Å². The smallest absolute Gasteiger partial charge is 0.244 e. The first-order valence-corrected chi connectivity index (χ1v) is 10.4. The molecule has 5 nitrogen and oxygen atoms in total. The Morgan fingerprint density at radius 2 is 1.80 bits per heavy atom. The van der Waals surface area contributed by atoms with Crippen LogP contribution in [0.25, 0.3) is 0 Å². The lowest BCUT2D eigenvalue weighted by molar-refractivity contribution is 0.379. The van der Waals surface area contributed by atoms with Gasteiger partial charge in [0.1, 0.15) is 11.5 Å². The fourth-order valence-corrected chi connectivity index (χ4v) is 6.07. The molecular formula is C18H21NO4S2. The van der Waals surface area contributed by atoms with Crippen molar-refractivity contribution in [3.8, 4) is 11.5 Å². The van der Waals surface area contributed by atoms with Crippen LogP contribution in [0.3, 0.4) is 0 Å². The minimum Gasteiger partial charge on any atom is -0.497 e. The van der Waals surface area contributed by atoms with Crippen molar-refractivity contribution in [3.05, 3.63) is 53.6 Å². The molecule has 2 aromatic carbocycles. The summed E-state index contributed by atoms with van der Waals surface area (Å²) in [4.78, 5) is 0.318. The Hall–Kier alpha value is -1.70. The third-order valence-electron chi connectivity index (χ3n) is 4.18. The highest BCUT2D eigenvalue weighted by atomic mass is 32.2. The molecule has 134 valence electrons. The van der Waals surface area contributed by atoms with Gasteiger partial charge in [-0.15, -0.1) is 11.8 Å². The van der Waals surface area contributed by atoms with Crippen LogP contribution < -0.4 is 9.47 Å². The van der Waals surface area contributed by atoms with E-state index in [2.05, 4.69) is 0 Å². The number of aryl methyl sites for hydroxylation is 1. The first-order valence-electron chi connectivity index (χ1n) is 7.89. The van der Waals surface area contributed by atoms with Crippen LogP contribution in [0.1, 0.15) is 16.5 Å². The van der Waals surface area contributed by atoms with Gasteiger partial charge in [0.05, 0.1) is 24.5 Å². The minimum absolute atomic E-state index is 0.313. The number of hydrogen-bond donors (Lipinski definition) is 0. The van der Waals surface area contributed by atoms with Gasteiger partial charge in [0.2, 0.25) is 10.0 Å². The van der Waals surface area contributed by atoms with Gasteiger partial charge in [-0.2, -0.15) is 4.31 Å². The van der Waals surface area contributed by atoms with Crippen LogP contribution >= 0.6 is 11.8 Å². The van der Waals surface area contributed by atoms with Crippen molar-refractivity contribution < 1.29 is 17.9 Å². The molecule has 1 saturated heterocycles. The zero-order chi connectivity index (χ0) is 18.0. The fraction of sp³-hybridized carbons (Fsp3) is 0.333. The molecule has 0 radical (unpaired) electrons. The molecule has 0 saturated carbocycles. The number of thioether (sulfide) groups is 1. The SMILES string of the molecule is COc1ccc(C2SCCN2S(=O)(=O)c2ccc(C)cc2)c(OC)c1. The predicted octanol–water partition coefficient (Wildman–Crippen LogP) is 3.45. The maximum Gasteiger partial charge on any atom is 0.244 e. The van der Waals surface area contributed by atoms with Gasteiger partial charge in [-0.3, -0.25) is 0 Å². The average Bonchev–Trinajstić information content (AvgIpc) is 3.12. The Morgan fingerprint density at radius 3 is 2.44 bits per heavy atom. The van der Waals surface area contributed by atoms with E-state index in [1.54, 1.807) is 48.5 Å². The first kappa shape index (κ1) is 18.1. The van der Waals surface area contributed by atoms with Crippen LogP contribution in [0.2, 0.25) is 0 Å². The van der Waals surface area contributed by atoms with Crippen molar-refractivity contribution in [3.63, 3.8) is 0 Å². The van der Waals surface area contributed by atoms with Gasteiger partial charge in [0.25, 0.3) is 0 Å². The molecule has 25 heavy (non-hydrogen) atoms. The molecule has 0 spiro atoms. The van der Waals surface area contributed by atoms with Gasteiger partial charge in [0.15, 0.2) is 0 Å². The van der Waals surface area contributed by atoms with Crippen molar-refractivity contribution in [2.75, 3.05) is 26.5 Å². The van der Waals surface area contributed by atoms with Gasteiger partial charge in [-0.25, -0.2) is 8.42 Å². The van der Waals surface area contributed by atoms with Gasteiger partial charge in [-0.05, 0) is 31.2 Å². The molecule has 1 aliphatic heterocycles. The molecule has 1 unspecified atom stereocenters. The summed E-state index contributed by atoms with van der Waals surface area (Å²) in [6, 6.07) is 12.4. The molecule has 0 aliphatic carbocycles. The second-order valence-corrected chi connectivity index (χ2v) is 8.84. The fourth-order valence-electron chi connectivity index (χ4n) is 2.81. The second kappa shape index (κ2) is 7.27. The number of benzene rings is 2. The van der Waals surface area contributed by atoms with Crippen molar-refractivity contribution in [1.29, 1.82) is 0 Å². The van der Waals surface area contributed by atoms with Crippen LogP contribution in [0, 0.1) is 6.92 Å². The summed E-state index contributed by atoms with van der Waals surface area (Å²) in [6.07, 6.45) is 0. The summed E-state index contributed by atoms with van der Waals surface area (Å²) >= 11 is 1.60. The van der Waals surface area contributed by atoms with Gasteiger partial charge in [0, 0.05) is 23.9 Å². The standard InChI is InChI=1S/C18H21NO4S2/c1-13-4-7-15(8-5-13)25(20,21)19-10-11-24-18(19)16-9-6-14(22-2)12-17(16)23-3/h4-9,12,18H,10-11H2,1-3H3. The predicted molar refractivity (Wildman–Crippen MR) is 99.8 cm³/mol. The summed E-state index contributed by atoms with van der Waals surface area (Å²) in [7, 11) is -0.397. The number of rotatable bonds is 5. The summed E-state index contributed by atoms with van der Waals surface area (Å²) < 4.78 is 38.4. The molecule has 1 atom stereocenters. The normalized spacial score (nSPS) is 18.3. The van der Waals surface area contributed by atoms with Crippen LogP contribution in [-0.2, 0) is 10.0 Å². The number of ether oxygens (including phenoxy) is 2. The average molecular weight is 380 g/mol. The van der Waals surface area contributed by atoms with Crippen LogP contribution in [-0.4, -0.2) is 39.2 Å². The highest BCUT2D eigenvalue weighted by Gasteiger charge is 2.38. The summed E-state index contributed by atoms with van der Waals surface area (Å²) in [5.41, 5.74) is 1.87. The van der Waals surface area contributed by atoms with E-state index < -0.39 is 10.0 Å². The molecule has 0 amide bonds. The van der Waals surface area contributed by atoms with Crippen LogP contribution in [0.15, 0.2) is 47.4 Å².